The molecule has 0 amide bonds. The third kappa shape index (κ3) is 3.35. The zero-order valence-corrected chi connectivity index (χ0v) is 16.8. The minimum atomic E-state index is 0.573. The van der Waals surface area contributed by atoms with Crippen LogP contribution in [0, 0.1) is 0 Å². The van der Waals surface area contributed by atoms with Gasteiger partial charge >= 0.3 is 0 Å². The van der Waals surface area contributed by atoms with Crippen molar-refractivity contribution < 1.29 is 0 Å². The van der Waals surface area contributed by atoms with Gasteiger partial charge in [-0.3, -0.25) is 0 Å². The number of fused-ring (bicyclic) bond motifs is 1. The summed E-state index contributed by atoms with van der Waals surface area (Å²) >= 11 is 6.03. The maximum absolute atomic E-state index is 6.03. The summed E-state index contributed by atoms with van der Waals surface area (Å²) in [5.74, 6) is 0.574. The topological polar surface area (TPSA) is 73.8 Å². The Bertz CT molecular complexity index is 1390. The highest BCUT2D eigenvalue weighted by atomic mass is 35.5. The summed E-state index contributed by atoms with van der Waals surface area (Å²) in [6.45, 7) is 0. The summed E-state index contributed by atoms with van der Waals surface area (Å²) in [4.78, 5) is 10.6. The number of pyridine rings is 1. The molecule has 0 radical (unpaired) electrons. The van der Waals surface area contributed by atoms with Crippen molar-refractivity contribution in [3.8, 4) is 16.9 Å². The molecule has 0 atom stereocenters. The molecule has 0 bridgehead atoms. The van der Waals surface area contributed by atoms with E-state index in [4.69, 9.17) is 26.9 Å². The fraction of sp³-hybridized carbons (Fsp3) is 0.0455. The lowest BCUT2D eigenvalue weighted by Gasteiger charge is -2.05. The highest BCUT2D eigenvalue weighted by molar-refractivity contribution is 6.30. The molecule has 0 spiro atoms. The molecule has 3 aromatic heterocycles. The molecule has 0 aliphatic rings. The SMILES string of the molecule is Cn1nc(-c2ccccc2)c2nn(-c3ccc(Cl)cc3)nc2/c1=N/c1ccccn1. The van der Waals surface area contributed by atoms with Crippen molar-refractivity contribution in [2.45, 2.75) is 0 Å². The van der Waals surface area contributed by atoms with Crippen LogP contribution in [0.3, 0.4) is 0 Å². The molecule has 7 nitrogen and oxygen atoms in total. The van der Waals surface area contributed by atoms with Crippen LogP contribution in [0.1, 0.15) is 0 Å². The number of hydrogen-bond donors (Lipinski definition) is 0. The van der Waals surface area contributed by atoms with Gasteiger partial charge in [0.05, 0.1) is 5.69 Å². The second kappa shape index (κ2) is 7.53. The van der Waals surface area contributed by atoms with Crippen LogP contribution >= 0.6 is 11.6 Å². The van der Waals surface area contributed by atoms with Gasteiger partial charge in [0.15, 0.2) is 16.8 Å². The third-order valence-corrected chi connectivity index (χ3v) is 4.83. The average Bonchev–Trinajstić information content (AvgIpc) is 3.23. The Hall–Kier alpha value is -3.84. The number of aryl methyl sites for hydroxylation is 1. The van der Waals surface area contributed by atoms with Crippen molar-refractivity contribution in [3.63, 3.8) is 0 Å². The van der Waals surface area contributed by atoms with E-state index < -0.39 is 0 Å². The predicted octanol–water partition coefficient (Wildman–Crippen LogP) is 4.10. The van der Waals surface area contributed by atoms with Gasteiger partial charge in [0.2, 0.25) is 0 Å². The van der Waals surface area contributed by atoms with Gasteiger partial charge in [-0.15, -0.1) is 10.2 Å². The van der Waals surface area contributed by atoms with Gasteiger partial charge in [0.1, 0.15) is 11.2 Å². The largest absolute Gasteiger partial charge is 0.248 e. The normalized spacial score (nSPS) is 11.9. The van der Waals surface area contributed by atoms with Crippen molar-refractivity contribution in [2.24, 2.45) is 12.0 Å². The van der Waals surface area contributed by atoms with Crippen molar-refractivity contribution in [3.05, 3.63) is 89.5 Å². The maximum atomic E-state index is 6.03. The second-order valence-electron chi connectivity index (χ2n) is 6.62. The van der Waals surface area contributed by atoms with Gasteiger partial charge in [-0.2, -0.15) is 9.90 Å². The highest BCUT2D eigenvalue weighted by Crippen LogP contribution is 2.23. The number of nitrogens with zero attached hydrogens (tertiary/aromatic N) is 7. The summed E-state index contributed by atoms with van der Waals surface area (Å²) in [7, 11) is 1.84. The highest BCUT2D eigenvalue weighted by Gasteiger charge is 2.16. The Morgan fingerprint density at radius 2 is 1.53 bits per heavy atom. The van der Waals surface area contributed by atoms with E-state index in [1.54, 1.807) is 27.8 Å². The molecule has 0 fully saturated rings. The Morgan fingerprint density at radius 1 is 0.800 bits per heavy atom. The van der Waals surface area contributed by atoms with E-state index in [9.17, 15) is 0 Å². The predicted molar refractivity (Wildman–Crippen MR) is 116 cm³/mol. The fourth-order valence-corrected chi connectivity index (χ4v) is 3.27. The summed E-state index contributed by atoms with van der Waals surface area (Å²) in [6, 6.07) is 22.8. The molecule has 0 aliphatic heterocycles. The zero-order valence-electron chi connectivity index (χ0n) is 16.0. The first kappa shape index (κ1) is 18.2. The average molecular weight is 414 g/mol. The van der Waals surface area contributed by atoms with Crippen LogP contribution in [-0.4, -0.2) is 29.8 Å². The van der Waals surface area contributed by atoms with E-state index in [0.717, 1.165) is 16.9 Å². The zero-order chi connectivity index (χ0) is 20.5. The molecule has 0 saturated carbocycles. The molecule has 5 rings (SSSR count). The number of rotatable bonds is 3. The summed E-state index contributed by atoms with van der Waals surface area (Å²) in [5.41, 5.74) is 4.33. The molecule has 3 heterocycles. The van der Waals surface area contributed by atoms with Crippen LogP contribution in [0.15, 0.2) is 84.0 Å². The van der Waals surface area contributed by atoms with Crippen LogP contribution < -0.4 is 5.49 Å². The van der Waals surface area contributed by atoms with Gasteiger partial charge < -0.3 is 0 Å². The second-order valence-corrected chi connectivity index (χ2v) is 7.06. The van der Waals surface area contributed by atoms with Gasteiger partial charge in [0, 0.05) is 23.8 Å². The summed E-state index contributed by atoms with van der Waals surface area (Å²) in [5, 5.41) is 14.9. The first-order valence-electron chi connectivity index (χ1n) is 9.30. The standard InChI is InChI=1S/C22H16ClN7/c1-29-22(25-18-9-5-6-14-24-18)21-20(19(26-29)15-7-3-2-4-8-15)27-30(28-21)17-12-10-16(23)11-13-17/h2-14H,1H3/b25-22-. The molecule has 30 heavy (non-hydrogen) atoms. The van der Waals surface area contributed by atoms with E-state index in [-0.39, 0.29) is 0 Å². The number of hydrogen-bond acceptors (Lipinski definition) is 5. The molecule has 2 aromatic carbocycles. The van der Waals surface area contributed by atoms with Gasteiger partial charge in [0.25, 0.3) is 0 Å². The van der Waals surface area contributed by atoms with E-state index in [1.165, 1.54) is 0 Å². The number of halogens is 1. The molecule has 0 unspecified atom stereocenters. The molecule has 0 saturated heterocycles. The van der Waals surface area contributed by atoms with Crippen molar-refractivity contribution in [1.29, 1.82) is 0 Å². The molecular formula is C22H16ClN7. The van der Waals surface area contributed by atoms with Crippen LogP contribution in [0.25, 0.3) is 28.0 Å². The lowest BCUT2D eigenvalue weighted by atomic mass is 10.1. The van der Waals surface area contributed by atoms with Crippen LogP contribution in [0.2, 0.25) is 5.02 Å². The Morgan fingerprint density at radius 3 is 2.27 bits per heavy atom. The Kier molecular flexibility index (Phi) is 4.57. The first-order valence-corrected chi connectivity index (χ1v) is 9.68. The summed E-state index contributed by atoms with van der Waals surface area (Å²) < 4.78 is 1.71. The number of benzene rings is 2. The first-order chi connectivity index (χ1) is 14.7. The Labute approximate surface area is 176 Å². The van der Waals surface area contributed by atoms with Crippen LogP contribution in [-0.2, 0) is 7.05 Å². The minimum Gasteiger partial charge on any atom is -0.248 e. The quantitative estimate of drug-likeness (QED) is 0.446. The molecule has 0 aliphatic carbocycles. The molecular weight excluding hydrogens is 398 g/mol. The van der Waals surface area contributed by atoms with E-state index in [0.29, 0.717) is 27.4 Å². The van der Waals surface area contributed by atoms with Crippen molar-refractivity contribution in [1.82, 2.24) is 29.8 Å². The van der Waals surface area contributed by atoms with Crippen molar-refractivity contribution in [2.75, 3.05) is 0 Å². The lowest BCUT2D eigenvalue weighted by molar-refractivity contribution is 0.704. The van der Waals surface area contributed by atoms with Crippen molar-refractivity contribution >= 4 is 28.5 Å². The molecule has 5 aromatic rings. The third-order valence-electron chi connectivity index (χ3n) is 4.58. The molecule has 146 valence electrons. The molecule has 8 heteroatoms. The monoisotopic (exact) mass is 413 g/mol. The molecule has 0 N–H and O–H groups in total. The van der Waals surface area contributed by atoms with E-state index in [1.807, 2.05) is 67.7 Å². The maximum Gasteiger partial charge on any atom is 0.181 e. The van der Waals surface area contributed by atoms with E-state index in [2.05, 4.69) is 9.98 Å². The van der Waals surface area contributed by atoms with E-state index >= 15 is 0 Å². The Balaban J connectivity index is 1.82. The smallest absolute Gasteiger partial charge is 0.181 e. The minimum absolute atomic E-state index is 0.573. The van der Waals surface area contributed by atoms with Gasteiger partial charge in [-0.25, -0.2) is 14.7 Å². The number of aromatic nitrogens is 6. The summed E-state index contributed by atoms with van der Waals surface area (Å²) in [6.07, 6.45) is 1.70. The van der Waals surface area contributed by atoms with Gasteiger partial charge in [-0.05, 0) is 36.4 Å². The van der Waals surface area contributed by atoms with Gasteiger partial charge in [-0.1, -0.05) is 48.0 Å². The fourth-order valence-electron chi connectivity index (χ4n) is 3.15. The van der Waals surface area contributed by atoms with Crippen LogP contribution in [0.4, 0.5) is 5.82 Å². The lowest BCUT2D eigenvalue weighted by Crippen LogP contribution is -2.22. The van der Waals surface area contributed by atoms with Crippen LogP contribution in [0.5, 0.6) is 0 Å².